The number of hydrogen-bond acceptors (Lipinski definition) is 4. The maximum Gasteiger partial charge on any atom is 0.264 e. The second kappa shape index (κ2) is 6.58. The molecule has 0 atom stereocenters. The Morgan fingerprint density at radius 1 is 1.24 bits per heavy atom. The average Bonchev–Trinajstić information content (AvgIpc) is 3.22. The van der Waals surface area contributed by atoms with Crippen LogP contribution in [-0.2, 0) is 4.79 Å². The van der Waals surface area contributed by atoms with Crippen LogP contribution in [0, 0.1) is 5.92 Å². The van der Waals surface area contributed by atoms with Crippen molar-refractivity contribution in [3.05, 3.63) is 22.4 Å². The smallest absolute Gasteiger partial charge is 0.264 e. The molecule has 1 aliphatic carbocycles. The first-order valence-electron chi connectivity index (χ1n) is 7.57. The Morgan fingerprint density at radius 3 is 2.62 bits per heavy atom. The first kappa shape index (κ1) is 14.5. The fraction of sp³-hybridized carbons (Fsp3) is 0.600. The topological polar surface area (TPSA) is 52.7 Å². The number of carbonyl (C=O) groups excluding carboxylic acids is 2. The van der Waals surface area contributed by atoms with Gasteiger partial charge >= 0.3 is 0 Å². The third kappa shape index (κ3) is 3.83. The summed E-state index contributed by atoms with van der Waals surface area (Å²) >= 11 is 1.50. The molecule has 1 N–H and O–H groups in total. The van der Waals surface area contributed by atoms with Gasteiger partial charge in [-0.05, 0) is 24.3 Å². The van der Waals surface area contributed by atoms with Crippen LogP contribution in [0.15, 0.2) is 17.5 Å². The fourth-order valence-electron chi connectivity index (χ4n) is 2.56. The van der Waals surface area contributed by atoms with Gasteiger partial charge in [-0.1, -0.05) is 6.07 Å². The van der Waals surface area contributed by atoms with Gasteiger partial charge in [-0.3, -0.25) is 14.5 Å². The summed E-state index contributed by atoms with van der Waals surface area (Å²) in [5.74, 6) is 0.637. The molecule has 1 aliphatic heterocycles. The number of carbonyl (C=O) groups is 2. The molecule has 5 nitrogen and oxygen atoms in total. The summed E-state index contributed by atoms with van der Waals surface area (Å²) in [5, 5.41) is 4.93. The van der Waals surface area contributed by atoms with Gasteiger partial charge in [-0.2, -0.15) is 0 Å². The van der Waals surface area contributed by atoms with Gasteiger partial charge in [0, 0.05) is 45.2 Å². The zero-order valence-electron chi connectivity index (χ0n) is 12.1. The second-order valence-corrected chi connectivity index (χ2v) is 6.62. The van der Waals surface area contributed by atoms with Crippen molar-refractivity contribution < 1.29 is 9.59 Å². The summed E-state index contributed by atoms with van der Waals surface area (Å²) in [4.78, 5) is 28.8. The Morgan fingerprint density at radius 2 is 2.00 bits per heavy atom. The van der Waals surface area contributed by atoms with E-state index in [4.69, 9.17) is 0 Å². The van der Waals surface area contributed by atoms with Gasteiger partial charge < -0.3 is 10.2 Å². The molecule has 6 heteroatoms. The number of thiophene rings is 1. The minimum atomic E-state index is 0.145. The lowest BCUT2D eigenvalue weighted by atomic mass is 10.3. The Bertz CT molecular complexity index is 491. The van der Waals surface area contributed by atoms with Crippen molar-refractivity contribution in [3.8, 4) is 0 Å². The molecule has 21 heavy (non-hydrogen) atoms. The summed E-state index contributed by atoms with van der Waals surface area (Å²) in [6, 6.07) is 3.80. The van der Waals surface area contributed by atoms with E-state index < -0.39 is 0 Å². The Labute approximate surface area is 128 Å². The van der Waals surface area contributed by atoms with Crippen molar-refractivity contribution >= 4 is 23.2 Å². The highest BCUT2D eigenvalue weighted by molar-refractivity contribution is 7.12. The first-order valence-corrected chi connectivity index (χ1v) is 8.45. The van der Waals surface area contributed by atoms with E-state index in [0.29, 0.717) is 6.54 Å². The minimum Gasteiger partial charge on any atom is -0.355 e. The lowest BCUT2D eigenvalue weighted by Crippen LogP contribution is -2.50. The maximum absolute atomic E-state index is 12.2. The SMILES string of the molecule is O=C(NCCN1CCN(C(=O)c2cccs2)CC1)C1CC1. The minimum absolute atomic E-state index is 0.145. The monoisotopic (exact) mass is 307 g/mol. The molecule has 2 fully saturated rings. The highest BCUT2D eigenvalue weighted by Crippen LogP contribution is 2.28. The van der Waals surface area contributed by atoms with E-state index in [1.54, 1.807) is 0 Å². The highest BCUT2D eigenvalue weighted by Gasteiger charge is 2.29. The van der Waals surface area contributed by atoms with Crippen molar-refractivity contribution in [2.45, 2.75) is 12.8 Å². The number of nitrogens with zero attached hydrogens (tertiary/aromatic N) is 2. The molecule has 1 saturated heterocycles. The van der Waals surface area contributed by atoms with Crippen molar-refractivity contribution in [1.82, 2.24) is 15.1 Å². The van der Waals surface area contributed by atoms with Gasteiger partial charge in [0.15, 0.2) is 0 Å². The molecule has 1 aromatic rings. The average molecular weight is 307 g/mol. The van der Waals surface area contributed by atoms with Crippen LogP contribution in [0.1, 0.15) is 22.5 Å². The maximum atomic E-state index is 12.2. The van der Waals surface area contributed by atoms with Gasteiger partial charge in [0.1, 0.15) is 0 Å². The number of nitrogens with one attached hydrogen (secondary N) is 1. The fourth-order valence-corrected chi connectivity index (χ4v) is 3.25. The molecule has 2 amide bonds. The van der Waals surface area contributed by atoms with Gasteiger partial charge in [0.2, 0.25) is 5.91 Å². The van der Waals surface area contributed by atoms with Crippen molar-refractivity contribution in [3.63, 3.8) is 0 Å². The third-order valence-electron chi connectivity index (χ3n) is 4.07. The number of piperazine rings is 1. The molecule has 1 saturated carbocycles. The van der Waals surface area contributed by atoms with Crippen LogP contribution in [0.25, 0.3) is 0 Å². The van der Waals surface area contributed by atoms with E-state index in [0.717, 1.165) is 50.4 Å². The Hall–Kier alpha value is -1.40. The van der Waals surface area contributed by atoms with Crippen LogP contribution in [0.3, 0.4) is 0 Å². The molecule has 2 heterocycles. The largest absolute Gasteiger partial charge is 0.355 e. The van der Waals surface area contributed by atoms with Crippen molar-refractivity contribution in [2.75, 3.05) is 39.3 Å². The predicted molar refractivity (Wildman–Crippen MR) is 82.4 cm³/mol. The first-order chi connectivity index (χ1) is 10.2. The van der Waals surface area contributed by atoms with Crippen molar-refractivity contribution in [2.24, 2.45) is 5.92 Å². The normalized spacial score (nSPS) is 19.5. The lowest BCUT2D eigenvalue weighted by Gasteiger charge is -2.34. The summed E-state index contributed by atoms with van der Waals surface area (Å²) in [5.41, 5.74) is 0. The molecule has 114 valence electrons. The third-order valence-corrected chi connectivity index (χ3v) is 4.92. The molecule has 0 unspecified atom stereocenters. The van der Waals surface area contributed by atoms with E-state index in [2.05, 4.69) is 10.2 Å². The summed E-state index contributed by atoms with van der Waals surface area (Å²) in [7, 11) is 0. The number of rotatable bonds is 5. The van der Waals surface area contributed by atoms with Crippen LogP contribution < -0.4 is 5.32 Å². The Balaban J connectivity index is 1.36. The van der Waals surface area contributed by atoms with E-state index in [9.17, 15) is 9.59 Å². The van der Waals surface area contributed by atoms with E-state index in [1.807, 2.05) is 22.4 Å². The van der Waals surface area contributed by atoms with Crippen molar-refractivity contribution in [1.29, 1.82) is 0 Å². The number of hydrogen-bond donors (Lipinski definition) is 1. The van der Waals surface area contributed by atoms with Gasteiger partial charge in [-0.15, -0.1) is 11.3 Å². The quantitative estimate of drug-likeness (QED) is 0.884. The zero-order valence-corrected chi connectivity index (χ0v) is 12.9. The zero-order chi connectivity index (χ0) is 14.7. The van der Waals surface area contributed by atoms with E-state index in [-0.39, 0.29) is 17.7 Å². The molecule has 3 rings (SSSR count). The predicted octanol–water partition coefficient (Wildman–Crippen LogP) is 1.03. The lowest BCUT2D eigenvalue weighted by molar-refractivity contribution is -0.122. The van der Waals surface area contributed by atoms with Crippen LogP contribution in [0.5, 0.6) is 0 Å². The summed E-state index contributed by atoms with van der Waals surface area (Å²) in [6.45, 7) is 4.90. The molecule has 0 spiro atoms. The second-order valence-electron chi connectivity index (χ2n) is 5.68. The van der Waals surface area contributed by atoms with E-state index >= 15 is 0 Å². The molecule has 0 radical (unpaired) electrons. The standard InChI is InChI=1S/C15H21N3O2S/c19-14(12-3-4-12)16-5-6-17-7-9-18(10-8-17)15(20)13-2-1-11-21-13/h1-2,11-12H,3-10H2,(H,16,19). The number of amides is 2. The van der Waals surface area contributed by atoms with Gasteiger partial charge in [-0.25, -0.2) is 0 Å². The molecule has 1 aromatic heterocycles. The van der Waals surface area contributed by atoms with Crippen LogP contribution in [0.2, 0.25) is 0 Å². The summed E-state index contributed by atoms with van der Waals surface area (Å²) in [6.07, 6.45) is 2.10. The van der Waals surface area contributed by atoms with Gasteiger partial charge in [0.05, 0.1) is 4.88 Å². The van der Waals surface area contributed by atoms with Crippen LogP contribution in [-0.4, -0.2) is 60.9 Å². The van der Waals surface area contributed by atoms with Gasteiger partial charge in [0.25, 0.3) is 5.91 Å². The van der Waals surface area contributed by atoms with Crippen LogP contribution in [0.4, 0.5) is 0 Å². The molecule has 2 aliphatic rings. The molecular formula is C15H21N3O2S. The molecule has 0 bridgehead atoms. The Kier molecular flexibility index (Phi) is 4.55. The summed E-state index contributed by atoms with van der Waals surface area (Å²) < 4.78 is 0. The molecular weight excluding hydrogens is 286 g/mol. The highest BCUT2D eigenvalue weighted by atomic mass is 32.1. The van der Waals surface area contributed by atoms with Crippen LogP contribution >= 0.6 is 11.3 Å². The van der Waals surface area contributed by atoms with E-state index in [1.165, 1.54) is 11.3 Å². The molecule has 0 aromatic carbocycles.